The zero-order valence-corrected chi connectivity index (χ0v) is 25.3. The molecule has 0 radical (unpaired) electrons. The van der Waals surface area contributed by atoms with Crippen LogP contribution in [0.15, 0.2) is 11.8 Å². The molecule has 2 amide bonds. The van der Waals surface area contributed by atoms with Crippen molar-refractivity contribution in [1.29, 1.82) is 0 Å². The van der Waals surface area contributed by atoms with Gasteiger partial charge in [-0.25, -0.2) is 0 Å². The van der Waals surface area contributed by atoms with Crippen LogP contribution in [0.2, 0.25) is 18.1 Å². The summed E-state index contributed by atoms with van der Waals surface area (Å²) in [6.45, 7) is 15.9. The highest BCUT2D eigenvalue weighted by Crippen LogP contribution is 2.46. The molecule has 0 spiro atoms. The lowest BCUT2D eigenvalue weighted by atomic mass is 9.96. The molecule has 0 aromatic rings. The van der Waals surface area contributed by atoms with Crippen LogP contribution in [0, 0.1) is 5.92 Å². The van der Waals surface area contributed by atoms with E-state index in [4.69, 9.17) is 55.6 Å². The molecule has 0 saturated carbocycles. The molecule has 0 aliphatic carbocycles. The number of methoxy groups -OCH3 is 1. The lowest BCUT2D eigenvalue weighted by molar-refractivity contribution is -0.147. The standard InChI is InChI=1S/C23H39Cl4NO4Si/c1-15(20(30)28-16(2)18(31-7)14-19(28)29)17(32-33(8,9)21(3,4)5)12-10-11-13-23(26,27)22(6,24)25/h14-17H,10-13H2,1-9H3/t15-,16+,17-/m1/s1. The summed E-state index contributed by atoms with van der Waals surface area (Å²) in [5.74, 6) is -0.663. The van der Waals surface area contributed by atoms with Gasteiger partial charge in [0, 0.05) is 6.08 Å². The van der Waals surface area contributed by atoms with Gasteiger partial charge in [0.15, 0.2) is 12.7 Å². The van der Waals surface area contributed by atoms with Crippen LogP contribution in [-0.2, 0) is 18.8 Å². The second kappa shape index (κ2) is 11.4. The first-order chi connectivity index (χ1) is 14.8. The Bertz CT molecular complexity index is 744. The molecule has 33 heavy (non-hydrogen) atoms. The fraction of sp³-hybridized carbons (Fsp3) is 0.826. The lowest BCUT2D eigenvalue weighted by Crippen LogP contribution is -2.50. The van der Waals surface area contributed by atoms with E-state index >= 15 is 0 Å². The van der Waals surface area contributed by atoms with Crippen LogP contribution in [0.25, 0.3) is 0 Å². The predicted octanol–water partition coefficient (Wildman–Crippen LogP) is 7.23. The van der Waals surface area contributed by atoms with Crippen LogP contribution in [-0.4, -0.2) is 53.0 Å². The number of carbonyl (C=O) groups excluding carboxylic acids is 2. The van der Waals surface area contributed by atoms with Crippen molar-refractivity contribution >= 4 is 66.5 Å². The number of unbranched alkanes of at least 4 members (excludes halogenated alkanes) is 1. The molecule has 0 aromatic heterocycles. The van der Waals surface area contributed by atoms with E-state index in [0.717, 1.165) is 0 Å². The van der Waals surface area contributed by atoms with Crippen molar-refractivity contribution in [3.8, 4) is 0 Å². The van der Waals surface area contributed by atoms with Crippen molar-refractivity contribution in [3.63, 3.8) is 0 Å². The second-order valence-corrected chi connectivity index (χ2v) is 18.5. The average Bonchev–Trinajstić information content (AvgIpc) is 2.94. The molecule has 0 saturated heterocycles. The largest absolute Gasteiger partial charge is 0.499 e. The topological polar surface area (TPSA) is 55.8 Å². The third kappa shape index (κ3) is 7.75. The van der Waals surface area contributed by atoms with E-state index < -0.39 is 28.9 Å². The minimum atomic E-state index is -2.19. The summed E-state index contributed by atoms with van der Waals surface area (Å²) in [5, 5.41) is -0.0317. The van der Waals surface area contributed by atoms with E-state index in [1.807, 2.05) is 6.92 Å². The maximum absolute atomic E-state index is 13.4. The van der Waals surface area contributed by atoms with Gasteiger partial charge >= 0.3 is 0 Å². The number of ether oxygens (including phenoxy) is 1. The highest BCUT2D eigenvalue weighted by Gasteiger charge is 2.45. The van der Waals surface area contributed by atoms with Crippen LogP contribution < -0.4 is 0 Å². The predicted molar refractivity (Wildman–Crippen MR) is 141 cm³/mol. The highest BCUT2D eigenvalue weighted by atomic mass is 35.5. The number of carbonyl (C=O) groups is 2. The van der Waals surface area contributed by atoms with Crippen LogP contribution in [0.3, 0.4) is 0 Å². The van der Waals surface area contributed by atoms with E-state index in [1.165, 1.54) is 18.1 Å². The number of imide groups is 1. The first kappa shape index (κ1) is 31.0. The van der Waals surface area contributed by atoms with Crippen molar-refractivity contribution in [3.05, 3.63) is 11.8 Å². The first-order valence-corrected chi connectivity index (χ1v) is 15.7. The highest BCUT2D eigenvalue weighted by molar-refractivity contribution is 6.74. The van der Waals surface area contributed by atoms with Crippen molar-refractivity contribution in [2.24, 2.45) is 5.92 Å². The van der Waals surface area contributed by atoms with Gasteiger partial charge < -0.3 is 9.16 Å². The first-order valence-electron chi connectivity index (χ1n) is 11.3. The van der Waals surface area contributed by atoms with Crippen molar-refractivity contribution < 1.29 is 18.8 Å². The van der Waals surface area contributed by atoms with Crippen molar-refractivity contribution in [2.45, 2.75) is 106 Å². The van der Waals surface area contributed by atoms with Crippen LogP contribution in [0.1, 0.15) is 67.2 Å². The van der Waals surface area contributed by atoms with Gasteiger partial charge in [0.05, 0.1) is 25.2 Å². The summed E-state index contributed by atoms with van der Waals surface area (Å²) in [4.78, 5) is 27.2. The Balaban J connectivity index is 3.01. The molecule has 0 N–H and O–H groups in total. The van der Waals surface area contributed by atoms with E-state index in [-0.39, 0.29) is 23.0 Å². The van der Waals surface area contributed by atoms with Gasteiger partial charge in [-0.15, -0.1) is 0 Å². The van der Waals surface area contributed by atoms with Gasteiger partial charge in [0.1, 0.15) is 10.1 Å². The number of hydrogen-bond donors (Lipinski definition) is 0. The molecular formula is C23H39Cl4NO4Si. The maximum atomic E-state index is 13.4. The third-order valence-corrected chi connectivity index (χ3v) is 13.5. The van der Waals surface area contributed by atoms with Crippen LogP contribution >= 0.6 is 46.4 Å². The summed E-state index contributed by atoms with van der Waals surface area (Å²) in [7, 11) is -0.688. The quantitative estimate of drug-likeness (QED) is 0.151. The molecule has 1 aliphatic heterocycles. The summed E-state index contributed by atoms with van der Waals surface area (Å²) >= 11 is 24.8. The molecular weight excluding hydrogens is 524 g/mol. The SMILES string of the molecule is COC1=CC(=O)N(C(=O)[C@H](C)[C@@H](CCCCC(Cl)(Cl)C(C)(Cl)Cl)O[Si](C)(C)C(C)(C)C)[C@H]1C. The fourth-order valence-corrected chi connectivity index (χ4v) is 5.30. The number of halogens is 4. The fourth-order valence-electron chi connectivity index (χ4n) is 3.42. The van der Waals surface area contributed by atoms with Gasteiger partial charge in [-0.1, -0.05) is 86.9 Å². The third-order valence-electron chi connectivity index (χ3n) is 6.85. The Labute approximate surface area is 220 Å². The minimum Gasteiger partial charge on any atom is -0.499 e. The molecule has 0 bridgehead atoms. The van der Waals surface area contributed by atoms with E-state index in [1.54, 1.807) is 13.8 Å². The minimum absolute atomic E-state index is 0.0317. The van der Waals surface area contributed by atoms with Gasteiger partial charge in [0.25, 0.3) is 5.91 Å². The molecule has 5 nitrogen and oxygen atoms in total. The van der Waals surface area contributed by atoms with E-state index in [9.17, 15) is 9.59 Å². The zero-order valence-electron chi connectivity index (χ0n) is 21.2. The van der Waals surface area contributed by atoms with Crippen LogP contribution in [0.4, 0.5) is 0 Å². The van der Waals surface area contributed by atoms with Crippen molar-refractivity contribution in [1.82, 2.24) is 4.90 Å². The molecule has 1 rings (SSSR count). The zero-order chi connectivity index (χ0) is 26.0. The Kier molecular flexibility index (Phi) is 10.7. The monoisotopic (exact) mass is 561 g/mol. The number of rotatable bonds is 11. The van der Waals surface area contributed by atoms with Crippen molar-refractivity contribution in [2.75, 3.05) is 7.11 Å². The summed E-state index contributed by atoms with van der Waals surface area (Å²) in [6, 6.07) is -0.441. The smallest absolute Gasteiger partial charge is 0.257 e. The number of amides is 2. The number of alkyl halides is 4. The maximum Gasteiger partial charge on any atom is 0.257 e. The molecule has 10 heteroatoms. The molecule has 192 valence electrons. The van der Waals surface area contributed by atoms with Crippen LogP contribution in [0.5, 0.6) is 0 Å². The summed E-state index contributed by atoms with van der Waals surface area (Å²) in [5.41, 5.74) is 0. The second-order valence-electron chi connectivity index (χ2n) is 10.5. The molecule has 0 unspecified atom stereocenters. The Hall–Kier alpha value is 0.0169. The Morgan fingerprint density at radius 2 is 1.70 bits per heavy atom. The van der Waals surface area contributed by atoms with E-state index in [2.05, 4.69) is 33.9 Å². The molecule has 0 fully saturated rings. The molecule has 0 aromatic carbocycles. The molecule has 1 aliphatic rings. The summed E-state index contributed by atoms with van der Waals surface area (Å²) in [6.07, 6.45) is 3.41. The van der Waals surface area contributed by atoms with Gasteiger partial charge in [0.2, 0.25) is 5.91 Å². The van der Waals surface area contributed by atoms with Gasteiger partial charge in [-0.3, -0.25) is 14.5 Å². The number of nitrogens with zero attached hydrogens (tertiary/aromatic N) is 1. The summed E-state index contributed by atoms with van der Waals surface area (Å²) < 4.78 is 9.37. The van der Waals surface area contributed by atoms with E-state index in [0.29, 0.717) is 31.4 Å². The molecule has 1 heterocycles. The Morgan fingerprint density at radius 1 is 1.15 bits per heavy atom. The molecule has 3 atom stereocenters. The normalized spacial score (nSPS) is 20.0. The Morgan fingerprint density at radius 3 is 2.12 bits per heavy atom. The average molecular weight is 563 g/mol. The van der Waals surface area contributed by atoms with Gasteiger partial charge in [-0.2, -0.15) is 0 Å². The number of hydrogen-bond acceptors (Lipinski definition) is 4. The lowest BCUT2D eigenvalue weighted by Gasteiger charge is -2.41. The van der Waals surface area contributed by atoms with Gasteiger partial charge in [-0.05, 0) is 44.8 Å².